The highest BCUT2D eigenvalue weighted by atomic mass is 15.2. The second-order valence-corrected chi connectivity index (χ2v) is 6.92. The Bertz CT molecular complexity index is 495. The monoisotopic (exact) mass is 273 g/mol. The fourth-order valence-corrected chi connectivity index (χ4v) is 3.94. The van der Waals surface area contributed by atoms with Gasteiger partial charge < -0.3 is 10.6 Å². The van der Waals surface area contributed by atoms with E-state index < -0.39 is 0 Å². The van der Waals surface area contributed by atoms with Crippen LogP contribution in [0.3, 0.4) is 0 Å². The zero-order valence-corrected chi connectivity index (χ0v) is 13.0. The van der Waals surface area contributed by atoms with Crippen molar-refractivity contribution in [1.29, 1.82) is 0 Å². The number of nitrogens with two attached hydrogens (primary N) is 1. The van der Waals surface area contributed by atoms with Gasteiger partial charge >= 0.3 is 0 Å². The Labute approximate surface area is 122 Å². The zero-order chi connectivity index (χ0) is 14.3. The quantitative estimate of drug-likeness (QED) is 0.918. The molecule has 1 fully saturated rings. The fourth-order valence-electron chi connectivity index (χ4n) is 3.94. The number of rotatable bonds is 3. The second kappa shape index (κ2) is 5.05. The van der Waals surface area contributed by atoms with Gasteiger partial charge in [-0.05, 0) is 56.8 Å². The first-order valence-corrected chi connectivity index (χ1v) is 7.84. The summed E-state index contributed by atoms with van der Waals surface area (Å²) in [5.74, 6) is 0. The predicted octanol–water partition coefficient (Wildman–Crippen LogP) is 2.55. The van der Waals surface area contributed by atoms with E-state index in [4.69, 9.17) is 5.73 Å². The van der Waals surface area contributed by atoms with Crippen LogP contribution in [0.2, 0.25) is 0 Å². The van der Waals surface area contributed by atoms with Crippen molar-refractivity contribution < 1.29 is 0 Å². The summed E-state index contributed by atoms with van der Waals surface area (Å²) in [6.45, 7) is 7.72. The van der Waals surface area contributed by atoms with E-state index in [1.807, 2.05) is 0 Å². The van der Waals surface area contributed by atoms with E-state index in [2.05, 4.69) is 48.9 Å². The van der Waals surface area contributed by atoms with Crippen LogP contribution in [0.1, 0.15) is 43.9 Å². The normalized spacial score (nSPS) is 23.1. The number of benzene rings is 1. The van der Waals surface area contributed by atoms with Gasteiger partial charge in [-0.3, -0.25) is 4.90 Å². The first-order valence-electron chi connectivity index (χ1n) is 7.84. The van der Waals surface area contributed by atoms with E-state index in [0.717, 1.165) is 6.54 Å². The van der Waals surface area contributed by atoms with Crippen molar-refractivity contribution in [1.82, 2.24) is 4.90 Å². The van der Waals surface area contributed by atoms with Crippen molar-refractivity contribution in [3.8, 4) is 0 Å². The molecular formula is C17H27N3. The molecule has 2 aliphatic heterocycles. The number of fused-ring (bicyclic) bond motifs is 1. The molecule has 1 unspecified atom stereocenters. The van der Waals surface area contributed by atoms with Gasteiger partial charge in [-0.1, -0.05) is 12.1 Å². The molecule has 110 valence electrons. The van der Waals surface area contributed by atoms with Crippen LogP contribution < -0.4 is 10.6 Å². The van der Waals surface area contributed by atoms with E-state index >= 15 is 0 Å². The molecule has 0 aromatic heterocycles. The Kier molecular flexibility index (Phi) is 3.51. The summed E-state index contributed by atoms with van der Waals surface area (Å²) >= 11 is 0. The molecule has 20 heavy (non-hydrogen) atoms. The van der Waals surface area contributed by atoms with Crippen molar-refractivity contribution in [3.05, 3.63) is 29.3 Å². The van der Waals surface area contributed by atoms with Gasteiger partial charge in [-0.25, -0.2) is 0 Å². The van der Waals surface area contributed by atoms with Gasteiger partial charge in [0.25, 0.3) is 0 Å². The third-order valence-electron chi connectivity index (χ3n) is 5.18. The Balaban J connectivity index is 1.91. The zero-order valence-electron chi connectivity index (χ0n) is 13.0. The van der Waals surface area contributed by atoms with Gasteiger partial charge in [-0.15, -0.1) is 0 Å². The minimum absolute atomic E-state index is 0.278. The van der Waals surface area contributed by atoms with Gasteiger partial charge in [0.1, 0.15) is 0 Å². The average Bonchev–Trinajstić information content (AvgIpc) is 2.95. The summed E-state index contributed by atoms with van der Waals surface area (Å²) < 4.78 is 0. The van der Waals surface area contributed by atoms with Gasteiger partial charge in [0, 0.05) is 37.4 Å². The minimum Gasteiger partial charge on any atom is -0.374 e. The number of hydrogen-bond acceptors (Lipinski definition) is 3. The summed E-state index contributed by atoms with van der Waals surface area (Å²) in [4.78, 5) is 4.95. The molecule has 0 saturated carbocycles. The largest absolute Gasteiger partial charge is 0.374 e. The van der Waals surface area contributed by atoms with Crippen molar-refractivity contribution in [2.45, 2.75) is 44.7 Å². The number of anilines is 1. The molecule has 0 bridgehead atoms. The molecule has 3 heteroatoms. The molecule has 3 nitrogen and oxygen atoms in total. The van der Waals surface area contributed by atoms with E-state index in [9.17, 15) is 0 Å². The fraction of sp³-hybridized carbons (Fsp3) is 0.647. The molecule has 1 atom stereocenters. The molecule has 2 aliphatic rings. The average molecular weight is 273 g/mol. The molecule has 3 rings (SSSR count). The van der Waals surface area contributed by atoms with Crippen LogP contribution in [0, 0.1) is 0 Å². The predicted molar refractivity (Wildman–Crippen MR) is 85.2 cm³/mol. The van der Waals surface area contributed by atoms with Gasteiger partial charge in [-0.2, -0.15) is 0 Å². The maximum atomic E-state index is 6.13. The lowest BCUT2D eigenvalue weighted by Gasteiger charge is -2.38. The first kappa shape index (κ1) is 13.9. The maximum Gasteiger partial charge on any atom is 0.0475 e. The summed E-state index contributed by atoms with van der Waals surface area (Å²) in [6, 6.07) is 7.32. The van der Waals surface area contributed by atoms with Crippen LogP contribution in [-0.2, 0) is 6.42 Å². The lowest BCUT2D eigenvalue weighted by atomic mass is 9.96. The minimum atomic E-state index is 0.278. The van der Waals surface area contributed by atoms with Crippen molar-refractivity contribution in [3.63, 3.8) is 0 Å². The highest BCUT2D eigenvalue weighted by Crippen LogP contribution is 2.37. The molecule has 1 aromatic carbocycles. The lowest BCUT2D eigenvalue weighted by Crippen LogP contribution is -2.43. The maximum absolute atomic E-state index is 6.13. The first-order chi connectivity index (χ1) is 9.53. The van der Waals surface area contributed by atoms with Crippen LogP contribution in [0.15, 0.2) is 18.2 Å². The third kappa shape index (κ3) is 2.23. The van der Waals surface area contributed by atoms with Crippen molar-refractivity contribution in [2.75, 3.05) is 31.6 Å². The van der Waals surface area contributed by atoms with E-state index in [1.54, 1.807) is 0 Å². The lowest BCUT2D eigenvalue weighted by molar-refractivity contribution is 0.119. The van der Waals surface area contributed by atoms with Gasteiger partial charge in [0.2, 0.25) is 0 Å². The van der Waals surface area contributed by atoms with E-state index in [0.29, 0.717) is 12.6 Å². The number of likely N-dealkylation sites (N-methyl/N-ethyl adjacent to an activating group) is 1. The van der Waals surface area contributed by atoms with Crippen molar-refractivity contribution >= 4 is 5.69 Å². The molecule has 1 aromatic rings. The second-order valence-electron chi connectivity index (χ2n) is 6.92. The standard InChI is InChI=1S/C17H27N3/c1-17(2)8-4-9-20(17)16(12-18)13-5-6-15-14(11-13)7-10-19(15)3/h5-6,11,16H,4,7-10,12,18H2,1-3H3. The molecule has 2 heterocycles. The molecular weight excluding hydrogens is 246 g/mol. The van der Waals surface area contributed by atoms with Crippen LogP contribution in [0.25, 0.3) is 0 Å². The number of hydrogen-bond donors (Lipinski definition) is 1. The Morgan fingerprint density at radius 2 is 2.10 bits per heavy atom. The SMILES string of the molecule is CN1CCc2cc(C(CN)N3CCCC3(C)C)ccc21. The van der Waals surface area contributed by atoms with Gasteiger partial charge in [0.05, 0.1) is 0 Å². The molecule has 0 amide bonds. The smallest absolute Gasteiger partial charge is 0.0475 e. The molecule has 2 N–H and O–H groups in total. The topological polar surface area (TPSA) is 32.5 Å². The van der Waals surface area contributed by atoms with Gasteiger partial charge in [0.15, 0.2) is 0 Å². The summed E-state index contributed by atoms with van der Waals surface area (Å²) in [7, 11) is 2.18. The molecule has 0 radical (unpaired) electrons. The Morgan fingerprint density at radius 3 is 2.75 bits per heavy atom. The Hall–Kier alpha value is -1.06. The molecule has 0 aliphatic carbocycles. The van der Waals surface area contributed by atoms with E-state index in [1.165, 1.54) is 42.6 Å². The molecule has 0 spiro atoms. The molecule has 1 saturated heterocycles. The van der Waals surface area contributed by atoms with Crippen LogP contribution in [-0.4, -0.2) is 37.1 Å². The Morgan fingerprint density at radius 1 is 1.30 bits per heavy atom. The summed E-state index contributed by atoms with van der Waals surface area (Å²) in [6.07, 6.45) is 3.73. The third-order valence-corrected chi connectivity index (χ3v) is 5.18. The summed E-state index contributed by atoms with van der Waals surface area (Å²) in [5.41, 5.74) is 10.7. The summed E-state index contributed by atoms with van der Waals surface area (Å²) in [5, 5.41) is 0. The van der Waals surface area contributed by atoms with Crippen LogP contribution in [0.4, 0.5) is 5.69 Å². The van der Waals surface area contributed by atoms with E-state index in [-0.39, 0.29) is 5.54 Å². The van der Waals surface area contributed by atoms with Crippen LogP contribution >= 0.6 is 0 Å². The van der Waals surface area contributed by atoms with Crippen molar-refractivity contribution in [2.24, 2.45) is 5.73 Å². The highest BCUT2D eigenvalue weighted by Gasteiger charge is 2.37. The number of nitrogens with zero attached hydrogens (tertiary/aromatic N) is 2. The highest BCUT2D eigenvalue weighted by molar-refractivity contribution is 5.58. The number of likely N-dealkylation sites (tertiary alicyclic amines) is 1. The van der Waals surface area contributed by atoms with Crippen LogP contribution in [0.5, 0.6) is 0 Å².